The minimum atomic E-state index is -0.698. The monoisotopic (exact) mass is 275 g/mol. The summed E-state index contributed by atoms with van der Waals surface area (Å²) in [6, 6.07) is -0.457. The molecule has 0 aromatic rings. The van der Waals surface area contributed by atoms with Gasteiger partial charge in [-0.3, -0.25) is 9.59 Å². The van der Waals surface area contributed by atoms with Gasteiger partial charge in [-0.1, -0.05) is 0 Å². The molecular weight excluding hydrogens is 254 g/mol. The highest BCUT2D eigenvalue weighted by Gasteiger charge is 2.46. The highest BCUT2D eigenvalue weighted by molar-refractivity contribution is 5.93. The second-order valence-corrected chi connectivity index (χ2v) is 5.24. The topological polar surface area (TPSA) is 75.4 Å². The van der Waals surface area contributed by atoms with Crippen molar-refractivity contribution >= 4 is 24.2 Å². The summed E-state index contributed by atoms with van der Waals surface area (Å²) in [5.74, 6) is -0.169. The van der Waals surface area contributed by atoms with Crippen LogP contribution in [0.5, 0.6) is 0 Å². The summed E-state index contributed by atoms with van der Waals surface area (Å²) in [5.41, 5.74) is 5.08. The number of hydrogen-bond donors (Lipinski definition) is 2. The van der Waals surface area contributed by atoms with Crippen molar-refractivity contribution in [2.75, 3.05) is 13.1 Å². The lowest BCUT2D eigenvalue weighted by Gasteiger charge is -2.29. The Morgan fingerprint density at radius 3 is 2.28 bits per heavy atom. The Balaban J connectivity index is 0.00000162. The van der Waals surface area contributed by atoms with E-state index in [9.17, 15) is 9.59 Å². The lowest BCUT2D eigenvalue weighted by Crippen LogP contribution is -2.53. The predicted octanol–water partition coefficient (Wildman–Crippen LogP) is 0.417. The molecule has 5 nitrogen and oxygen atoms in total. The third-order valence-electron chi connectivity index (χ3n) is 3.63. The van der Waals surface area contributed by atoms with Crippen molar-refractivity contribution < 1.29 is 9.59 Å². The van der Waals surface area contributed by atoms with Crippen LogP contribution >= 0.6 is 12.4 Å². The van der Waals surface area contributed by atoms with Crippen LogP contribution in [-0.4, -0.2) is 41.4 Å². The third kappa shape index (κ3) is 3.36. The number of rotatable bonds is 3. The highest BCUT2D eigenvalue weighted by Crippen LogP contribution is 2.32. The van der Waals surface area contributed by atoms with E-state index >= 15 is 0 Å². The Kier molecular flexibility index (Phi) is 4.99. The standard InChI is InChI=1S/C12H21N3O2.ClH/c1-9(14-11(17)12(13)5-6-12)10(16)15-7-3-2-4-8-15;/h9H,2-8,13H2,1H3,(H,14,17);1H. The van der Waals surface area contributed by atoms with Gasteiger partial charge in [-0.15, -0.1) is 12.4 Å². The van der Waals surface area contributed by atoms with Crippen LogP contribution in [0, 0.1) is 0 Å². The largest absolute Gasteiger partial charge is 0.343 e. The maximum atomic E-state index is 12.1. The Morgan fingerprint density at radius 2 is 1.78 bits per heavy atom. The molecule has 18 heavy (non-hydrogen) atoms. The molecule has 2 amide bonds. The molecule has 104 valence electrons. The first kappa shape index (κ1) is 15.2. The number of nitrogens with one attached hydrogen (secondary N) is 1. The van der Waals surface area contributed by atoms with Gasteiger partial charge >= 0.3 is 0 Å². The first-order valence-corrected chi connectivity index (χ1v) is 6.41. The number of carbonyl (C=O) groups excluding carboxylic acids is 2. The van der Waals surface area contributed by atoms with Crippen molar-refractivity contribution in [2.45, 2.75) is 50.6 Å². The second kappa shape index (κ2) is 5.89. The van der Waals surface area contributed by atoms with Gasteiger partial charge in [0.1, 0.15) is 6.04 Å². The molecule has 3 N–H and O–H groups in total. The van der Waals surface area contributed by atoms with E-state index in [1.54, 1.807) is 6.92 Å². The highest BCUT2D eigenvalue weighted by atomic mass is 35.5. The fourth-order valence-electron chi connectivity index (χ4n) is 2.15. The normalized spacial score (nSPS) is 22.7. The summed E-state index contributed by atoms with van der Waals surface area (Å²) >= 11 is 0. The molecule has 1 saturated carbocycles. The van der Waals surface area contributed by atoms with E-state index in [2.05, 4.69) is 5.32 Å². The molecule has 2 fully saturated rings. The molecule has 1 aliphatic carbocycles. The molecule has 2 aliphatic rings. The average molecular weight is 276 g/mol. The van der Waals surface area contributed by atoms with Crippen LogP contribution < -0.4 is 11.1 Å². The lowest BCUT2D eigenvalue weighted by molar-refractivity contribution is -0.137. The molecule has 1 aliphatic heterocycles. The van der Waals surface area contributed by atoms with Crippen molar-refractivity contribution in [1.82, 2.24) is 10.2 Å². The van der Waals surface area contributed by atoms with Crippen LogP contribution in [0.4, 0.5) is 0 Å². The van der Waals surface area contributed by atoms with E-state index in [1.165, 1.54) is 6.42 Å². The van der Waals surface area contributed by atoms with E-state index in [-0.39, 0.29) is 24.2 Å². The first-order valence-electron chi connectivity index (χ1n) is 6.41. The molecule has 1 atom stereocenters. The fourth-order valence-corrected chi connectivity index (χ4v) is 2.15. The molecule has 0 radical (unpaired) electrons. The zero-order chi connectivity index (χ0) is 12.5. The Bertz CT molecular complexity index is 325. The van der Waals surface area contributed by atoms with Crippen molar-refractivity contribution in [3.63, 3.8) is 0 Å². The maximum Gasteiger partial charge on any atom is 0.244 e. The zero-order valence-corrected chi connectivity index (χ0v) is 11.6. The molecule has 1 heterocycles. The second-order valence-electron chi connectivity index (χ2n) is 5.24. The average Bonchev–Trinajstić information content (AvgIpc) is 3.09. The number of likely N-dealkylation sites (tertiary alicyclic amines) is 1. The molecule has 0 spiro atoms. The maximum absolute atomic E-state index is 12.1. The van der Waals surface area contributed by atoms with Gasteiger partial charge in [0, 0.05) is 13.1 Å². The number of halogens is 1. The third-order valence-corrected chi connectivity index (χ3v) is 3.63. The van der Waals surface area contributed by atoms with Crippen LogP contribution in [0.3, 0.4) is 0 Å². The summed E-state index contributed by atoms with van der Waals surface area (Å²) in [6.07, 6.45) is 4.77. The van der Waals surface area contributed by atoms with Crippen LogP contribution in [-0.2, 0) is 9.59 Å². The van der Waals surface area contributed by atoms with E-state index in [0.717, 1.165) is 38.8 Å². The van der Waals surface area contributed by atoms with Crippen molar-refractivity contribution in [3.05, 3.63) is 0 Å². The molecule has 0 aromatic heterocycles. The molecule has 0 aromatic carbocycles. The minimum absolute atomic E-state index is 0. The van der Waals surface area contributed by atoms with E-state index in [1.807, 2.05) is 4.90 Å². The van der Waals surface area contributed by atoms with Crippen LogP contribution in [0.1, 0.15) is 39.0 Å². The summed E-state index contributed by atoms with van der Waals surface area (Å²) in [6.45, 7) is 3.36. The number of nitrogens with two attached hydrogens (primary N) is 1. The van der Waals surface area contributed by atoms with Crippen molar-refractivity contribution in [3.8, 4) is 0 Å². The summed E-state index contributed by atoms with van der Waals surface area (Å²) in [5, 5.41) is 2.72. The molecular formula is C12H22ClN3O2. The molecule has 1 unspecified atom stereocenters. The van der Waals surface area contributed by atoms with E-state index in [0.29, 0.717) is 0 Å². The van der Waals surface area contributed by atoms with Gasteiger partial charge in [0.05, 0.1) is 5.54 Å². The number of hydrogen-bond acceptors (Lipinski definition) is 3. The van der Waals surface area contributed by atoms with E-state index < -0.39 is 11.6 Å². The van der Waals surface area contributed by atoms with Gasteiger partial charge in [-0.05, 0) is 39.0 Å². The molecule has 1 saturated heterocycles. The summed E-state index contributed by atoms with van der Waals surface area (Å²) in [7, 11) is 0. The Morgan fingerprint density at radius 1 is 1.22 bits per heavy atom. The van der Waals surface area contributed by atoms with Crippen LogP contribution in [0.2, 0.25) is 0 Å². The van der Waals surface area contributed by atoms with Gasteiger partial charge in [-0.25, -0.2) is 0 Å². The van der Waals surface area contributed by atoms with Gasteiger partial charge < -0.3 is 16.0 Å². The zero-order valence-electron chi connectivity index (χ0n) is 10.8. The van der Waals surface area contributed by atoms with E-state index in [4.69, 9.17) is 5.73 Å². The summed E-state index contributed by atoms with van der Waals surface area (Å²) < 4.78 is 0. The van der Waals surface area contributed by atoms with Gasteiger partial charge in [-0.2, -0.15) is 0 Å². The van der Waals surface area contributed by atoms with Crippen LogP contribution in [0.15, 0.2) is 0 Å². The van der Waals surface area contributed by atoms with Gasteiger partial charge in [0.2, 0.25) is 11.8 Å². The van der Waals surface area contributed by atoms with Crippen molar-refractivity contribution in [2.24, 2.45) is 5.73 Å². The Labute approximate surface area is 114 Å². The summed E-state index contributed by atoms with van der Waals surface area (Å²) in [4.78, 5) is 25.6. The quantitative estimate of drug-likeness (QED) is 0.784. The fraction of sp³-hybridized carbons (Fsp3) is 0.833. The van der Waals surface area contributed by atoms with Crippen LogP contribution in [0.25, 0.3) is 0 Å². The number of amides is 2. The van der Waals surface area contributed by atoms with Gasteiger partial charge in [0.15, 0.2) is 0 Å². The molecule has 0 bridgehead atoms. The lowest BCUT2D eigenvalue weighted by atomic mass is 10.1. The number of nitrogens with zero attached hydrogens (tertiary/aromatic N) is 1. The molecule has 2 rings (SSSR count). The SMILES string of the molecule is CC(NC(=O)C1(N)CC1)C(=O)N1CCCCC1.Cl. The first-order chi connectivity index (χ1) is 8.03. The minimum Gasteiger partial charge on any atom is -0.343 e. The number of piperidine rings is 1. The number of carbonyl (C=O) groups is 2. The Hall–Kier alpha value is -0.810. The predicted molar refractivity (Wildman–Crippen MR) is 71.4 cm³/mol. The van der Waals surface area contributed by atoms with Crippen molar-refractivity contribution in [1.29, 1.82) is 0 Å². The smallest absolute Gasteiger partial charge is 0.244 e. The van der Waals surface area contributed by atoms with Gasteiger partial charge in [0.25, 0.3) is 0 Å². The molecule has 6 heteroatoms.